The first kappa shape index (κ1) is 20.9. The van der Waals surface area contributed by atoms with Crippen LogP contribution in [0.1, 0.15) is 23.2 Å². The lowest BCUT2D eigenvalue weighted by Crippen LogP contribution is -2.34. The summed E-state index contributed by atoms with van der Waals surface area (Å²) < 4.78 is 17.9. The number of amides is 1. The Balaban J connectivity index is 1.80. The fourth-order valence-electron chi connectivity index (χ4n) is 3.31. The van der Waals surface area contributed by atoms with Crippen molar-refractivity contribution in [2.24, 2.45) is 4.99 Å². The Hall–Kier alpha value is -2.35. The van der Waals surface area contributed by atoms with Gasteiger partial charge in [-0.15, -0.1) is 0 Å². The first-order chi connectivity index (χ1) is 14.5. The van der Waals surface area contributed by atoms with E-state index in [2.05, 4.69) is 26.2 Å². The Kier molecular flexibility index (Phi) is 6.41. The van der Waals surface area contributed by atoms with Gasteiger partial charge in [0.2, 0.25) is 5.55 Å². The Morgan fingerprint density at radius 1 is 1.30 bits per heavy atom. The molecule has 2 aromatic carbocycles. The van der Waals surface area contributed by atoms with Crippen LogP contribution in [-0.4, -0.2) is 32.3 Å². The smallest absolute Gasteiger partial charge is 0.256 e. The summed E-state index contributed by atoms with van der Waals surface area (Å²) in [4.78, 5) is 17.6. The maximum Gasteiger partial charge on any atom is 0.256 e. The van der Waals surface area contributed by atoms with E-state index in [4.69, 9.17) is 25.5 Å². The van der Waals surface area contributed by atoms with Crippen molar-refractivity contribution >= 4 is 50.1 Å². The van der Waals surface area contributed by atoms with Crippen LogP contribution >= 0.6 is 27.5 Å². The molecule has 1 N–H and O–H groups in total. The number of hydrogen-bond acceptors (Lipinski definition) is 5. The zero-order valence-electron chi connectivity index (χ0n) is 16.3. The summed E-state index contributed by atoms with van der Waals surface area (Å²) in [5.74, 6) is 0.243. The molecule has 1 aromatic heterocycles. The van der Waals surface area contributed by atoms with E-state index in [0.717, 1.165) is 29.3 Å². The largest absolute Gasteiger partial charge is 0.494 e. The van der Waals surface area contributed by atoms with Crippen molar-refractivity contribution < 1.29 is 18.7 Å². The molecule has 0 aliphatic carbocycles. The first-order valence-corrected chi connectivity index (χ1v) is 10.7. The lowest BCUT2D eigenvalue weighted by molar-refractivity contribution is 0.0854. The van der Waals surface area contributed by atoms with Gasteiger partial charge in [0.1, 0.15) is 22.6 Å². The van der Waals surface area contributed by atoms with E-state index >= 15 is 0 Å². The van der Waals surface area contributed by atoms with Crippen molar-refractivity contribution in [2.75, 3.05) is 20.3 Å². The van der Waals surface area contributed by atoms with Crippen LogP contribution in [0.3, 0.4) is 0 Å². The number of fused-ring (bicyclic) bond motifs is 1. The van der Waals surface area contributed by atoms with E-state index in [1.54, 1.807) is 31.4 Å². The third kappa shape index (κ3) is 4.69. The molecule has 1 fully saturated rings. The number of nitrogens with one attached hydrogen (secondary N) is 1. The molecule has 1 atom stereocenters. The molecule has 0 bridgehead atoms. The van der Waals surface area contributed by atoms with Gasteiger partial charge in [0.05, 0.1) is 13.2 Å². The van der Waals surface area contributed by atoms with E-state index in [-0.39, 0.29) is 17.6 Å². The molecule has 1 saturated heterocycles. The molecule has 1 unspecified atom stereocenters. The van der Waals surface area contributed by atoms with Crippen molar-refractivity contribution in [2.45, 2.75) is 18.9 Å². The zero-order chi connectivity index (χ0) is 21.1. The van der Waals surface area contributed by atoms with Crippen molar-refractivity contribution in [1.82, 2.24) is 5.32 Å². The van der Waals surface area contributed by atoms with Crippen molar-refractivity contribution in [3.05, 3.63) is 63.1 Å². The molecule has 30 heavy (non-hydrogen) atoms. The summed E-state index contributed by atoms with van der Waals surface area (Å²) in [7, 11) is 1.55. The van der Waals surface area contributed by atoms with Gasteiger partial charge in [-0.1, -0.05) is 27.5 Å². The third-order valence-electron chi connectivity index (χ3n) is 4.83. The van der Waals surface area contributed by atoms with Gasteiger partial charge >= 0.3 is 0 Å². The second kappa shape index (κ2) is 9.20. The van der Waals surface area contributed by atoms with Crippen LogP contribution in [0.2, 0.25) is 5.02 Å². The number of carbonyl (C=O) groups is 1. The number of methoxy groups -OCH3 is 1. The summed E-state index contributed by atoms with van der Waals surface area (Å²) in [6.45, 7) is 1.17. The van der Waals surface area contributed by atoms with E-state index in [1.807, 2.05) is 18.2 Å². The number of halogens is 2. The minimum absolute atomic E-state index is 0.0360. The Bertz CT molecular complexity index is 1160. The normalized spacial score (nSPS) is 16.8. The fourth-order valence-corrected chi connectivity index (χ4v) is 3.86. The molecule has 4 rings (SSSR count). The average molecular weight is 492 g/mol. The Morgan fingerprint density at radius 3 is 2.93 bits per heavy atom. The summed E-state index contributed by atoms with van der Waals surface area (Å²) >= 11 is 9.59. The van der Waals surface area contributed by atoms with Gasteiger partial charge in [-0.25, -0.2) is 4.99 Å². The van der Waals surface area contributed by atoms with Crippen LogP contribution in [0.25, 0.3) is 11.0 Å². The number of carbonyl (C=O) groups excluding carboxylic acids is 1. The minimum atomic E-state index is -0.282. The topological polar surface area (TPSA) is 73.1 Å². The summed E-state index contributed by atoms with van der Waals surface area (Å²) in [5.41, 5.74) is 1.57. The van der Waals surface area contributed by atoms with Gasteiger partial charge in [0.25, 0.3) is 5.91 Å². The van der Waals surface area contributed by atoms with Crippen LogP contribution in [0, 0.1) is 0 Å². The van der Waals surface area contributed by atoms with Crippen LogP contribution in [0.15, 0.2) is 56.3 Å². The Labute approximate surface area is 187 Å². The van der Waals surface area contributed by atoms with Crippen LogP contribution < -0.4 is 15.6 Å². The van der Waals surface area contributed by atoms with Gasteiger partial charge in [-0.2, -0.15) is 0 Å². The summed E-state index contributed by atoms with van der Waals surface area (Å²) in [6.07, 6.45) is 1.98. The highest BCUT2D eigenvalue weighted by atomic mass is 79.9. The lowest BCUT2D eigenvalue weighted by Gasteiger charge is -2.11. The zero-order valence-corrected chi connectivity index (χ0v) is 18.6. The van der Waals surface area contributed by atoms with Crippen molar-refractivity contribution in [3.63, 3.8) is 0 Å². The highest BCUT2D eigenvalue weighted by Gasteiger charge is 2.19. The molecule has 1 aliphatic rings. The standard InChI is InChI=1S/C22H20BrClN2O4/c1-28-20-7-5-15(24)11-18(20)26-22-17(21(27)25-12-16-3-2-8-29-16)10-13-9-14(23)4-6-19(13)30-22/h4-7,9-11,16H,2-3,8,12H2,1H3,(H,25,27). The molecule has 1 amide bonds. The van der Waals surface area contributed by atoms with Crippen LogP contribution in [0.4, 0.5) is 5.69 Å². The van der Waals surface area contributed by atoms with E-state index < -0.39 is 0 Å². The number of benzene rings is 2. The quantitative estimate of drug-likeness (QED) is 0.545. The molecule has 156 valence electrons. The predicted octanol–water partition coefficient (Wildman–Crippen LogP) is 5.00. The minimum Gasteiger partial charge on any atom is -0.494 e. The summed E-state index contributed by atoms with van der Waals surface area (Å²) in [6, 6.07) is 12.4. The molecule has 0 saturated carbocycles. The summed E-state index contributed by atoms with van der Waals surface area (Å²) in [5, 5.41) is 4.22. The van der Waals surface area contributed by atoms with Crippen LogP contribution in [0.5, 0.6) is 5.75 Å². The fraction of sp³-hybridized carbons (Fsp3) is 0.273. The molecule has 2 heterocycles. The monoisotopic (exact) mass is 490 g/mol. The molecular weight excluding hydrogens is 472 g/mol. The number of nitrogens with zero attached hydrogens (tertiary/aromatic N) is 1. The number of ether oxygens (including phenoxy) is 2. The second-order valence-corrected chi connectivity index (χ2v) is 8.27. The molecule has 1 aliphatic heterocycles. The first-order valence-electron chi connectivity index (χ1n) is 9.55. The number of rotatable bonds is 5. The third-order valence-corrected chi connectivity index (χ3v) is 5.56. The van der Waals surface area contributed by atoms with Gasteiger partial charge in [-0.3, -0.25) is 4.79 Å². The molecule has 0 spiro atoms. The van der Waals surface area contributed by atoms with E-state index in [1.165, 1.54) is 0 Å². The maximum absolute atomic E-state index is 13.0. The SMILES string of the molecule is COc1ccc(Cl)cc1N=c1oc2ccc(Br)cc2cc1C(=O)NCC1CCCO1. The van der Waals surface area contributed by atoms with E-state index in [0.29, 0.717) is 34.2 Å². The maximum atomic E-state index is 13.0. The highest BCUT2D eigenvalue weighted by Crippen LogP contribution is 2.30. The molecule has 8 heteroatoms. The Morgan fingerprint density at radius 2 is 2.17 bits per heavy atom. The van der Waals surface area contributed by atoms with Gasteiger partial charge < -0.3 is 19.2 Å². The molecule has 3 aromatic rings. The van der Waals surface area contributed by atoms with Crippen LogP contribution in [-0.2, 0) is 4.74 Å². The predicted molar refractivity (Wildman–Crippen MR) is 118 cm³/mol. The van der Waals surface area contributed by atoms with Crippen molar-refractivity contribution in [3.8, 4) is 5.75 Å². The van der Waals surface area contributed by atoms with Crippen molar-refractivity contribution in [1.29, 1.82) is 0 Å². The molecular formula is C22H20BrClN2O4. The van der Waals surface area contributed by atoms with Gasteiger partial charge in [-0.05, 0) is 55.3 Å². The average Bonchev–Trinajstić information content (AvgIpc) is 3.25. The second-order valence-electron chi connectivity index (χ2n) is 6.92. The van der Waals surface area contributed by atoms with Gasteiger partial charge in [0, 0.05) is 28.0 Å². The number of hydrogen-bond donors (Lipinski definition) is 1. The lowest BCUT2D eigenvalue weighted by atomic mass is 10.1. The molecule has 0 radical (unpaired) electrons. The van der Waals surface area contributed by atoms with E-state index in [9.17, 15) is 4.79 Å². The molecule has 6 nitrogen and oxygen atoms in total. The highest BCUT2D eigenvalue weighted by molar-refractivity contribution is 9.10. The van der Waals surface area contributed by atoms with Gasteiger partial charge in [0.15, 0.2) is 0 Å².